The van der Waals surface area contributed by atoms with Crippen molar-refractivity contribution in [2.45, 2.75) is 12.0 Å². The summed E-state index contributed by atoms with van der Waals surface area (Å²) in [6.07, 6.45) is -0.663. The number of ether oxygens (including phenoxy) is 2. The van der Waals surface area contributed by atoms with Crippen LogP contribution in [0.3, 0.4) is 0 Å². The van der Waals surface area contributed by atoms with E-state index in [2.05, 4.69) is 0 Å². The lowest BCUT2D eigenvalue weighted by atomic mass is 10.2. The molecule has 0 spiro atoms. The Kier molecular flexibility index (Phi) is 4.10. The maximum atomic E-state index is 11.3. The Balaban J connectivity index is 2.05. The van der Waals surface area contributed by atoms with Gasteiger partial charge >= 0.3 is 5.97 Å². The molecule has 1 unspecified atom stereocenters. The Bertz CT molecular complexity index is 444. The molecule has 0 aliphatic carbocycles. The molecule has 0 N–H and O–H groups in total. The standard InChI is InChI=1S/C12H11ClO3S/c1-15-12-10(9(13)11(14)16-12)17-7-8-5-3-2-4-6-8/h2-6,12H,7H2,1H3. The fourth-order valence-electron chi connectivity index (χ4n) is 1.43. The summed E-state index contributed by atoms with van der Waals surface area (Å²) in [6, 6.07) is 9.92. The maximum Gasteiger partial charge on any atom is 0.353 e. The van der Waals surface area contributed by atoms with Gasteiger partial charge in [0.25, 0.3) is 0 Å². The molecule has 3 nitrogen and oxygen atoms in total. The lowest BCUT2D eigenvalue weighted by Crippen LogP contribution is -2.12. The van der Waals surface area contributed by atoms with E-state index < -0.39 is 12.3 Å². The van der Waals surface area contributed by atoms with Crippen molar-refractivity contribution in [3.63, 3.8) is 0 Å². The van der Waals surface area contributed by atoms with Crippen LogP contribution >= 0.6 is 23.4 Å². The van der Waals surface area contributed by atoms with Crippen LogP contribution in [-0.4, -0.2) is 19.4 Å². The predicted molar refractivity (Wildman–Crippen MR) is 67.5 cm³/mol. The maximum absolute atomic E-state index is 11.3. The zero-order chi connectivity index (χ0) is 12.3. The Labute approximate surface area is 109 Å². The molecule has 1 atom stereocenters. The number of esters is 1. The van der Waals surface area contributed by atoms with Crippen LogP contribution in [0.5, 0.6) is 0 Å². The summed E-state index contributed by atoms with van der Waals surface area (Å²) in [7, 11) is 1.48. The van der Waals surface area contributed by atoms with Gasteiger partial charge in [-0.2, -0.15) is 0 Å². The molecule has 0 radical (unpaired) electrons. The van der Waals surface area contributed by atoms with Gasteiger partial charge in [-0.05, 0) is 5.56 Å². The van der Waals surface area contributed by atoms with E-state index in [0.717, 1.165) is 11.3 Å². The first-order valence-electron chi connectivity index (χ1n) is 5.02. The van der Waals surface area contributed by atoms with Crippen molar-refractivity contribution in [2.75, 3.05) is 7.11 Å². The number of halogens is 1. The number of hydrogen-bond acceptors (Lipinski definition) is 4. The molecule has 0 saturated heterocycles. The first kappa shape index (κ1) is 12.5. The summed E-state index contributed by atoms with van der Waals surface area (Å²) >= 11 is 7.33. The van der Waals surface area contributed by atoms with Gasteiger partial charge in [-0.15, -0.1) is 11.8 Å². The van der Waals surface area contributed by atoms with Gasteiger partial charge in [0, 0.05) is 12.9 Å². The molecule has 0 aromatic heterocycles. The van der Waals surface area contributed by atoms with Crippen molar-refractivity contribution in [2.24, 2.45) is 0 Å². The average molecular weight is 271 g/mol. The van der Waals surface area contributed by atoms with E-state index in [0.29, 0.717) is 4.91 Å². The lowest BCUT2D eigenvalue weighted by Gasteiger charge is -2.11. The fourth-order valence-corrected chi connectivity index (χ4v) is 2.73. The Morgan fingerprint density at radius 1 is 1.41 bits per heavy atom. The van der Waals surface area contributed by atoms with Gasteiger partial charge in [0.1, 0.15) is 5.03 Å². The Morgan fingerprint density at radius 2 is 2.12 bits per heavy atom. The highest BCUT2D eigenvalue weighted by Crippen LogP contribution is 2.36. The van der Waals surface area contributed by atoms with Gasteiger partial charge in [-0.25, -0.2) is 4.79 Å². The summed E-state index contributed by atoms with van der Waals surface area (Å²) < 4.78 is 9.98. The molecule has 1 aliphatic heterocycles. The SMILES string of the molecule is COC1OC(=O)C(Cl)=C1SCc1ccccc1. The first-order chi connectivity index (χ1) is 8.22. The van der Waals surface area contributed by atoms with E-state index in [9.17, 15) is 4.79 Å². The zero-order valence-electron chi connectivity index (χ0n) is 9.18. The molecule has 5 heteroatoms. The minimum absolute atomic E-state index is 0.123. The molecule has 2 rings (SSSR count). The summed E-state index contributed by atoms with van der Waals surface area (Å²) in [6.45, 7) is 0. The third-order valence-corrected chi connectivity index (χ3v) is 3.93. The summed E-state index contributed by atoms with van der Waals surface area (Å²) in [5.74, 6) is 0.206. The van der Waals surface area contributed by atoms with Crippen LogP contribution in [0.25, 0.3) is 0 Å². The minimum atomic E-state index is -0.663. The van der Waals surface area contributed by atoms with Crippen molar-refractivity contribution in [3.05, 3.63) is 45.8 Å². The average Bonchev–Trinajstić information content (AvgIpc) is 2.64. The van der Waals surface area contributed by atoms with E-state index in [1.165, 1.54) is 18.9 Å². The fraction of sp³-hybridized carbons (Fsp3) is 0.250. The van der Waals surface area contributed by atoms with Crippen LogP contribution in [0.2, 0.25) is 0 Å². The van der Waals surface area contributed by atoms with E-state index in [1.807, 2.05) is 30.3 Å². The Morgan fingerprint density at radius 3 is 2.76 bits per heavy atom. The number of carbonyl (C=O) groups is 1. The molecule has 0 bridgehead atoms. The normalized spacial score (nSPS) is 19.6. The van der Waals surface area contributed by atoms with E-state index in [4.69, 9.17) is 21.1 Å². The van der Waals surface area contributed by atoms with Crippen molar-refractivity contribution in [3.8, 4) is 0 Å². The highest BCUT2D eigenvalue weighted by atomic mass is 35.5. The zero-order valence-corrected chi connectivity index (χ0v) is 10.8. The van der Waals surface area contributed by atoms with Gasteiger partial charge in [0.15, 0.2) is 0 Å². The number of rotatable bonds is 4. The largest absolute Gasteiger partial charge is 0.426 e. The number of cyclic esters (lactones) is 1. The van der Waals surface area contributed by atoms with E-state index in [-0.39, 0.29) is 5.03 Å². The number of hydrogen-bond donors (Lipinski definition) is 0. The van der Waals surface area contributed by atoms with Gasteiger partial charge in [-0.3, -0.25) is 0 Å². The predicted octanol–water partition coefficient (Wildman–Crippen LogP) is 2.90. The van der Waals surface area contributed by atoms with Gasteiger partial charge in [0.05, 0.1) is 4.91 Å². The molecule has 1 aliphatic rings. The van der Waals surface area contributed by atoms with Gasteiger partial charge in [0.2, 0.25) is 6.29 Å². The lowest BCUT2D eigenvalue weighted by molar-refractivity contribution is -0.154. The molecule has 90 valence electrons. The molecular formula is C12H11ClO3S. The third-order valence-electron chi connectivity index (χ3n) is 2.27. The quantitative estimate of drug-likeness (QED) is 0.788. The van der Waals surface area contributed by atoms with Crippen molar-refractivity contribution >= 4 is 29.3 Å². The van der Waals surface area contributed by atoms with Crippen molar-refractivity contribution in [1.82, 2.24) is 0 Å². The second-order valence-electron chi connectivity index (χ2n) is 3.43. The van der Waals surface area contributed by atoms with Crippen LogP contribution in [-0.2, 0) is 20.0 Å². The summed E-state index contributed by atoms with van der Waals surface area (Å²) in [5, 5.41) is 0.123. The van der Waals surface area contributed by atoms with Crippen molar-refractivity contribution < 1.29 is 14.3 Å². The molecule has 1 aromatic rings. The molecule has 17 heavy (non-hydrogen) atoms. The van der Waals surface area contributed by atoms with Crippen LogP contribution in [0, 0.1) is 0 Å². The number of methoxy groups -OCH3 is 1. The molecule has 0 fully saturated rings. The van der Waals surface area contributed by atoms with Crippen LogP contribution in [0.4, 0.5) is 0 Å². The number of carbonyl (C=O) groups excluding carboxylic acids is 1. The van der Waals surface area contributed by atoms with E-state index >= 15 is 0 Å². The highest BCUT2D eigenvalue weighted by Gasteiger charge is 2.33. The number of thioether (sulfide) groups is 1. The second-order valence-corrected chi connectivity index (χ2v) is 4.82. The minimum Gasteiger partial charge on any atom is -0.426 e. The summed E-state index contributed by atoms with van der Waals surface area (Å²) in [5.41, 5.74) is 1.16. The van der Waals surface area contributed by atoms with Crippen LogP contribution < -0.4 is 0 Å². The monoisotopic (exact) mass is 270 g/mol. The molecular weight excluding hydrogens is 260 g/mol. The third kappa shape index (κ3) is 2.83. The highest BCUT2D eigenvalue weighted by molar-refractivity contribution is 8.02. The smallest absolute Gasteiger partial charge is 0.353 e. The topological polar surface area (TPSA) is 35.5 Å². The molecule has 1 heterocycles. The van der Waals surface area contributed by atoms with E-state index in [1.54, 1.807) is 0 Å². The molecule has 0 saturated carbocycles. The van der Waals surface area contributed by atoms with Gasteiger partial charge < -0.3 is 9.47 Å². The molecule has 1 aromatic carbocycles. The second kappa shape index (κ2) is 5.58. The Hall–Kier alpha value is -0.970. The van der Waals surface area contributed by atoms with Crippen molar-refractivity contribution in [1.29, 1.82) is 0 Å². The first-order valence-corrected chi connectivity index (χ1v) is 6.39. The van der Waals surface area contributed by atoms with Gasteiger partial charge in [-0.1, -0.05) is 41.9 Å². The summed E-state index contributed by atoms with van der Waals surface area (Å²) in [4.78, 5) is 11.9. The number of benzene rings is 1. The van der Waals surface area contributed by atoms with Crippen LogP contribution in [0.1, 0.15) is 5.56 Å². The van der Waals surface area contributed by atoms with Crippen LogP contribution in [0.15, 0.2) is 40.3 Å². The molecule has 0 amide bonds.